The molecule has 1 aliphatic heterocycles. The van der Waals surface area contributed by atoms with Crippen molar-refractivity contribution >= 4 is 27.6 Å². The Balaban J connectivity index is 1.50. The standard InChI is InChI=1S/C20H31BrN4O/c1-2-22-20(24-17-5-9-19(26)10-6-17)23-13-15-11-12-25(14-15)18-7-3-16(21)4-8-18/h3-4,7-8,15,17,19,26H,2,5-6,9-14H2,1H3,(H2,22,23,24). The molecule has 1 aromatic rings. The lowest BCUT2D eigenvalue weighted by Crippen LogP contribution is -2.45. The lowest BCUT2D eigenvalue weighted by atomic mass is 9.93. The third-order valence-corrected chi connectivity index (χ3v) is 5.90. The molecule has 1 heterocycles. The van der Waals surface area contributed by atoms with E-state index in [0.717, 1.165) is 62.3 Å². The number of hydrogen-bond donors (Lipinski definition) is 3. The summed E-state index contributed by atoms with van der Waals surface area (Å²) >= 11 is 3.50. The summed E-state index contributed by atoms with van der Waals surface area (Å²) in [6.45, 7) is 6.01. The molecular weight excluding hydrogens is 392 g/mol. The molecule has 1 aromatic carbocycles. The Hall–Kier alpha value is -1.27. The number of aliphatic hydroxyl groups excluding tert-OH is 1. The maximum Gasteiger partial charge on any atom is 0.191 e. The molecule has 1 unspecified atom stereocenters. The van der Waals surface area contributed by atoms with E-state index in [0.29, 0.717) is 12.0 Å². The van der Waals surface area contributed by atoms with E-state index in [4.69, 9.17) is 4.99 Å². The molecule has 5 nitrogen and oxygen atoms in total. The smallest absolute Gasteiger partial charge is 0.191 e. The van der Waals surface area contributed by atoms with Gasteiger partial charge in [0.05, 0.1) is 6.10 Å². The van der Waals surface area contributed by atoms with Crippen LogP contribution in [0.5, 0.6) is 0 Å². The Labute approximate surface area is 165 Å². The number of rotatable bonds is 5. The van der Waals surface area contributed by atoms with Gasteiger partial charge >= 0.3 is 0 Å². The van der Waals surface area contributed by atoms with E-state index in [2.05, 4.69) is 62.7 Å². The molecule has 0 bridgehead atoms. The van der Waals surface area contributed by atoms with Crippen molar-refractivity contribution in [2.75, 3.05) is 31.1 Å². The number of nitrogens with one attached hydrogen (secondary N) is 2. The monoisotopic (exact) mass is 422 g/mol. The van der Waals surface area contributed by atoms with Gasteiger partial charge < -0.3 is 20.6 Å². The number of hydrogen-bond acceptors (Lipinski definition) is 3. The Bertz CT molecular complexity index is 584. The number of nitrogens with zero attached hydrogens (tertiary/aromatic N) is 2. The summed E-state index contributed by atoms with van der Waals surface area (Å²) in [4.78, 5) is 7.30. The van der Waals surface area contributed by atoms with Gasteiger partial charge in [-0.2, -0.15) is 0 Å². The molecule has 144 valence electrons. The first-order valence-electron chi connectivity index (χ1n) is 9.87. The van der Waals surface area contributed by atoms with Crippen LogP contribution in [0, 0.1) is 5.92 Å². The fourth-order valence-electron chi connectivity index (χ4n) is 3.82. The number of aliphatic hydroxyl groups is 1. The molecule has 1 saturated heterocycles. The van der Waals surface area contributed by atoms with Gasteiger partial charge in [0.15, 0.2) is 5.96 Å². The van der Waals surface area contributed by atoms with Crippen molar-refractivity contribution in [2.45, 2.75) is 51.2 Å². The van der Waals surface area contributed by atoms with Gasteiger partial charge in [0.25, 0.3) is 0 Å². The summed E-state index contributed by atoms with van der Waals surface area (Å²) in [5.74, 6) is 1.53. The number of guanidine groups is 1. The van der Waals surface area contributed by atoms with E-state index in [1.807, 2.05) is 0 Å². The zero-order valence-corrected chi connectivity index (χ0v) is 17.2. The normalized spacial score (nSPS) is 26.8. The van der Waals surface area contributed by atoms with E-state index in [9.17, 15) is 5.11 Å². The van der Waals surface area contributed by atoms with E-state index in [1.165, 1.54) is 12.1 Å². The van der Waals surface area contributed by atoms with Gasteiger partial charge in [0.1, 0.15) is 0 Å². The van der Waals surface area contributed by atoms with Gasteiger partial charge in [-0.1, -0.05) is 15.9 Å². The van der Waals surface area contributed by atoms with Crippen molar-refractivity contribution in [1.29, 1.82) is 0 Å². The van der Waals surface area contributed by atoms with Crippen molar-refractivity contribution in [3.63, 3.8) is 0 Å². The molecule has 1 atom stereocenters. The largest absolute Gasteiger partial charge is 0.393 e. The number of anilines is 1. The van der Waals surface area contributed by atoms with Gasteiger partial charge in [-0.05, 0) is 69.2 Å². The van der Waals surface area contributed by atoms with Gasteiger partial charge in [-0.3, -0.25) is 4.99 Å². The average Bonchev–Trinajstić information content (AvgIpc) is 3.11. The van der Waals surface area contributed by atoms with Gasteiger partial charge in [0, 0.05) is 42.4 Å². The van der Waals surface area contributed by atoms with Crippen LogP contribution < -0.4 is 15.5 Å². The molecular formula is C20H31BrN4O. The molecule has 0 radical (unpaired) electrons. The Morgan fingerprint density at radius 1 is 1.19 bits per heavy atom. The Morgan fingerprint density at radius 2 is 1.92 bits per heavy atom. The second-order valence-electron chi connectivity index (χ2n) is 7.45. The number of halogens is 1. The highest BCUT2D eigenvalue weighted by molar-refractivity contribution is 9.10. The van der Waals surface area contributed by atoms with E-state index < -0.39 is 0 Å². The molecule has 0 aromatic heterocycles. The van der Waals surface area contributed by atoms with Gasteiger partial charge in [0.2, 0.25) is 0 Å². The molecule has 26 heavy (non-hydrogen) atoms. The van der Waals surface area contributed by atoms with E-state index >= 15 is 0 Å². The third-order valence-electron chi connectivity index (χ3n) is 5.37. The minimum Gasteiger partial charge on any atom is -0.393 e. The molecule has 0 spiro atoms. The van der Waals surface area contributed by atoms with Crippen LogP contribution in [0.2, 0.25) is 0 Å². The van der Waals surface area contributed by atoms with Crippen LogP contribution in [0.1, 0.15) is 39.0 Å². The quantitative estimate of drug-likeness (QED) is 0.503. The minimum absolute atomic E-state index is 0.115. The molecule has 3 N–H and O–H groups in total. The SMILES string of the molecule is CCNC(=NCC1CCN(c2ccc(Br)cc2)C1)NC1CCC(O)CC1. The summed E-state index contributed by atoms with van der Waals surface area (Å²) in [6.07, 6.45) is 4.90. The Kier molecular flexibility index (Phi) is 7.20. The van der Waals surface area contributed by atoms with Crippen LogP contribution in [0.3, 0.4) is 0 Å². The lowest BCUT2D eigenvalue weighted by molar-refractivity contribution is 0.120. The van der Waals surface area contributed by atoms with Crippen LogP contribution in [0.25, 0.3) is 0 Å². The maximum absolute atomic E-state index is 9.66. The fourth-order valence-corrected chi connectivity index (χ4v) is 4.09. The number of aliphatic imine (C=N–C) groups is 1. The topological polar surface area (TPSA) is 59.9 Å². The van der Waals surface area contributed by atoms with E-state index in [-0.39, 0.29) is 6.10 Å². The summed E-state index contributed by atoms with van der Waals surface area (Å²) < 4.78 is 1.12. The predicted molar refractivity (Wildman–Crippen MR) is 112 cm³/mol. The summed E-state index contributed by atoms with van der Waals surface area (Å²) in [6, 6.07) is 9.00. The molecule has 0 amide bonds. The highest BCUT2D eigenvalue weighted by atomic mass is 79.9. The van der Waals surface area contributed by atoms with Gasteiger partial charge in [-0.15, -0.1) is 0 Å². The lowest BCUT2D eigenvalue weighted by Gasteiger charge is -2.27. The molecule has 2 aliphatic rings. The molecule has 6 heteroatoms. The van der Waals surface area contributed by atoms with Crippen LogP contribution in [0.4, 0.5) is 5.69 Å². The highest BCUT2D eigenvalue weighted by Gasteiger charge is 2.23. The molecule has 1 saturated carbocycles. The first-order valence-corrected chi connectivity index (χ1v) is 10.7. The molecule has 1 aliphatic carbocycles. The summed E-state index contributed by atoms with van der Waals surface area (Å²) in [7, 11) is 0. The molecule has 2 fully saturated rings. The van der Waals surface area contributed by atoms with E-state index in [1.54, 1.807) is 0 Å². The van der Waals surface area contributed by atoms with Crippen molar-refractivity contribution in [3.8, 4) is 0 Å². The van der Waals surface area contributed by atoms with Crippen LogP contribution in [-0.4, -0.2) is 49.4 Å². The van der Waals surface area contributed by atoms with Crippen molar-refractivity contribution < 1.29 is 5.11 Å². The van der Waals surface area contributed by atoms with Crippen molar-refractivity contribution in [1.82, 2.24) is 10.6 Å². The third kappa shape index (κ3) is 5.61. The van der Waals surface area contributed by atoms with Crippen LogP contribution in [-0.2, 0) is 0 Å². The summed E-state index contributed by atoms with van der Waals surface area (Å²) in [5, 5.41) is 16.6. The van der Waals surface area contributed by atoms with Crippen molar-refractivity contribution in [3.05, 3.63) is 28.7 Å². The predicted octanol–water partition coefficient (Wildman–Crippen LogP) is 3.13. The van der Waals surface area contributed by atoms with Crippen molar-refractivity contribution in [2.24, 2.45) is 10.9 Å². The Morgan fingerprint density at radius 3 is 2.62 bits per heavy atom. The summed E-state index contributed by atoms with van der Waals surface area (Å²) in [5.41, 5.74) is 1.30. The van der Waals surface area contributed by atoms with Gasteiger partial charge in [-0.25, -0.2) is 0 Å². The van der Waals surface area contributed by atoms with Crippen LogP contribution >= 0.6 is 15.9 Å². The first kappa shape index (κ1) is 19.5. The second kappa shape index (κ2) is 9.60. The minimum atomic E-state index is -0.115. The zero-order valence-electron chi connectivity index (χ0n) is 15.6. The maximum atomic E-state index is 9.66. The first-order chi connectivity index (χ1) is 12.6. The second-order valence-corrected chi connectivity index (χ2v) is 8.36. The number of benzene rings is 1. The van der Waals surface area contributed by atoms with Crippen LogP contribution in [0.15, 0.2) is 33.7 Å². The highest BCUT2D eigenvalue weighted by Crippen LogP contribution is 2.25. The fraction of sp³-hybridized carbons (Fsp3) is 0.650. The molecule has 3 rings (SSSR count). The zero-order chi connectivity index (χ0) is 18.4. The average molecular weight is 423 g/mol.